The molecule has 22 rings (SSSR count). The van der Waals surface area contributed by atoms with Gasteiger partial charge in [-0.05, 0) is 122 Å². The van der Waals surface area contributed by atoms with Crippen molar-refractivity contribution in [2.24, 2.45) is 0 Å². The Morgan fingerprint density at radius 2 is 0.589 bits per heavy atom. The van der Waals surface area contributed by atoms with Gasteiger partial charge in [-0.15, -0.1) is 0 Å². The van der Waals surface area contributed by atoms with Crippen LogP contribution in [0.15, 0.2) is 250 Å². The van der Waals surface area contributed by atoms with Crippen LogP contribution in [0, 0.1) is 0 Å². The predicted octanol–water partition coefficient (Wildman–Crippen LogP) is 14.5. The van der Waals surface area contributed by atoms with Gasteiger partial charge in [0.2, 0.25) is 0 Å². The minimum absolute atomic E-state index is 0.182. The first-order valence-electron chi connectivity index (χ1n) is 30.5. The van der Waals surface area contributed by atoms with E-state index in [4.69, 9.17) is 36.9 Å². The fourth-order valence-electron chi connectivity index (χ4n) is 15.9. The van der Waals surface area contributed by atoms with Gasteiger partial charge < -0.3 is 42.3 Å². The summed E-state index contributed by atoms with van der Waals surface area (Å²) in [5, 5.41) is 10.3. The molecule has 16 aromatic rings. The summed E-state index contributed by atoms with van der Waals surface area (Å²) in [6.07, 6.45) is 0. The molecular weight excluding hydrogens is 1110 g/mol. The maximum absolute atomic E-state index is 7.40. The fourth-order valence-corrected chi connectivity index (χ4v) is 15.9. The van der Waals surface area contributed by atoms with Gasteiger partial charge in [0.1, 0.15) is 91.0 Å². The van der Waals surface area contributed by atoms with E-state index in [1.807, 2.05) is 42.5 Å². The summed E-state index contributed by atoms with van der Waals surface area (Å²) in [6, 6.07) is 82.6. The van der Waals surface area contributed by atoms with Gasteiger partial charge in [-0.2, -0.15) is 0 Å². The Labute approximate surface area is 513 Å². The average Bonchev–Trinajstić information content (AvgIpc) is 1.31. The van der Waals surface area contributed by atoms with Gasteiger partial charge >= 0.3 is 0 Å². The van der Waals surface area contributed by atoms with Gasteiger partial charge in [0.15, 0.2) is 0 Å². The summed E-state index contributed by atoms with van der Waals surface area (Å²) >= 11 is 0. The van der Waals surface area contributed by atoms with Crippen molar-refractivity contribution in [3.05, 3.63) is 237 Å². The minimum Gasteiger partial charge on any atom is -0.458 e. The molecule has 0 unspecified atom stereocenters. The maximum atomic E-state index is 7.40. The number of nitrogens with one attached hydrogen (secondary N) is 1. The molecule has 0 bridgehead atoms. The monoisotopic (exact) mass is 1150 g/mol. The number of hydrogen-bond donors (Lipinski definition) is 1. The molecule has 414 valence electrons. The van der Waals surface area contributed by atoms with Gasteiger partial charge in [0, 0.05) is 83.4 Å². The molecule has 9 nitrogen and oxygen atoms in total. The first kappa shape index (κ1) is 47.4. The standard InChI is InChI=1S/C78H40B3NO8/c1-6-25-60-46(14-1)49-20-11-17-43(76(49)88-60)40-30-59-73-68(31-40)83-63-28-9-4-23-52(63)79(73)54-36-55-65(38-58(54)82-59)85-71-34-42(45-19-13-22-51-48-16-3-8-27-62(48)90-78(45)51)35-72-75(71)81(55)57-37-56-66(39-67(57)87-72)86-70-33-41(32-69-74(70)80(56)53-24-5-10-29-64(53)84-69)44-18-12-21-50-47-15-2-7-26-61(47)89-77(44)50/h1-39,82H. The Kier molecular flexibility index (Phi) is 8.99. The number of rotatable bonds is 3. The van der Waals surface area contributed by atoms with Crippen molar-refractivity contribution in [2.75, 3.05) is 5.32 Å². The van der Waals surface area contributed by atoms with E-state index in [0.717, 1.165) is 188 Å². The second-order valence-corrected chi connectivity index (χ2v) is 24.5. The zero-order valence-electron chi connectivity index (χ0n) is 47.5. The van der Waals surface area contributed by atoms with Crippen LogP contribution in [0.25, 0.3) is 99.2 Å². The predicted molar refractivity (Wildman–Crippen MR) is 361 cm³/mol. The summed E-state index contributed by atoms with van der Waals surface area (Å²) in [4.78, 5) is 0. The Morgan fingerprint density at radius 1 is 0.233 bits per heavy atom. The highest BCUT2D eigenvalue weighted by Crippen LogP contribution is 2.48. The lowest BCUT2D eigenvalue weighted by molar-refractivity contribution is 0.452. The van der Waals surface area contributed by atoms with E-state index in [1.54, 1.807) is 0 Å². The molecule has 0 fully saturated rings. The first-order valence-corrected chi connectivity index (χ1v) is 30.5. The maximum Gasteiger partial charge on any atom is 0.260 e. The molecule has 12 heteroatoms. The van der Waals surface area contributed by atoms with Crippen LogP contribution in [0.4, 0.5) is 11.4 Å². The SMILES string of the molecule is c1ccc2c(c1)Oc1cc(-c3cccc4c3oc3ccccc34)cc3c1B2c1cc2c(cc1N3)Oc1cc(-c3cccc4c3oc3ccccc34)cc3c1B2c1cc2c(cc1O3)Oc1cc(-c3cccc4c3oc3ccccc34)cc3c1B2c1ccccc1O3. The van der Waals surface area contributed by atoms with Crippen molar-refractivity contribution >= 4 is 146 Å². The van der Waals surface area contributed by atoms with Crippen LogP contribution in [0.1, 0.15) is 0 Å². The first-order chi connectivity index (χ1) is 44.5. The topological polar surface area (TPSA) is 97.6 Å². The van der Waals surface area contributed by atoms with Crippen molar-refractivity contribution in [3.8, 4) is 90.9 Å². The highest BCUT2D eigenvalue weighted by Gasteiger charge is 2.48. The molecule has 90 heavy (non-hydrogen) atoms. The van der Waals surface area contributed by atoms with Crippen LogP contribution in [-0.4, -0.2) is 20.1 Å². The Bertz CT molecular complexity index is 5700. The summed E-state index contributed by atoms with van der Waals surface area (Å²) < 4.78 is 56.0. The number of ether oxygens (including phenoxy) is 5. The highest BCUT2D eigenvalue weighted by molar-refractivity contribution is 7.02. The molecule has 0 atom stereocenters. The van der Waals surface area contributed by atoms with Crippen molar-refractivity contribution in [1.82, 2.24) is 0 Å². The number of hydrogen-bond acceptors (Lipinski definition) is 9. The van der Waals surface area contributed by atoms with Crippen LogP contribution >= 0.6 is 0 Å². The molecule has 6 aliphatic rings. The van der Waals surface area contributed by atoms with Crippen molar-refractivity contribution in [1.29, 1.82) is 0 Å². The van der Waals surface area contributed by atoms with E-state index in [-0.39, 0.29) is 20.1 Å². The quantitative estimate of drug-likeness (QED) is 0.173. The lowest BCUT2D eigenvalue weighted by Gasteiger charge is -2.38. The molecular formula is C78H40B3NO8. The van der Waals surface area contributed by atoms with Crippen LogP contribution in [0.5, 0.6) is 57.5 Å². The number of furan rings is 3. The molecule has 0 radical (unpaired) electrons. The molecule has 6 aliphatic heterocycles. The number of para-hydroxylation sites is 8. The summed E-state index contributed by atoms with van der Waals surface area (Å²) in [5.41, 5.74) is 21.9. The molecule has 0 spiro atoms. The van der Waals surface area contributed by atoms with Crippen LogP contribution in [-0.2, 0) is 0 Å². The van der Waals surface area contributed by atoms with E-state index < -0.39 is 0 Å². The van der Waals surface area contributed by atoms with E-state index in [1.165, 1.54) is 0 Å². The van der Waals surface area contributed by atoms with Crippen molar-refractivity contribution in [2.45, 2.75) is 0 Å². The fraction of sp³-hybridized carbons (Fsp3) is 0. The normalized spacial score (nSPS) is 13.8. The molecule has 1 N–H and O–H groups in total. The molecule has 0 saturated heterocycles. The molecule has 0 aliphatic carbocycles. The molecule has 0 amide bonds. The number of benzene rings is 13. The van der Waals surface area contributed by atoms with E-state index in [0.29, 0.717) is 28.7 Å². The van der Waals surface area contributed by atoms with Crippen molar-refractivity contribution in [3.63, 3.8) is 0 Å². The summed E-state index contributed by atoms with van der Waals surface area (Å²) in [6.45, 7) is -0.750. The van der Waals surface area contributed by atoms with Gasteiger partial charge in [0.25, 0.3) is 20.1 Å². The van der Waals surface area contributed by atoms with E-state index >= 15 is 0 Å². The number of anilines is 2. The molecule has 9 heterocycles. The third-order valence-corrected chi connectivity index (χ3v) is 19.8. The average molecular weight is 1150 g/mol. The van der Waals surface area contributed by atoms with Crippen molar-refractivity contribution < 1.29 is 36.9 Å². The molecule has 3 aromatic heterocycles. The number of fused-ring (bicyclic) bond motifs is 21. The minimum atomic E-state index is -0.334. The van der Waals surface area contributed by atoms with Gasteiger partial charge in [0.05, 0.1) is 0 Å². The lowest BCUT2D eigenvalue weighted by atomic mass is 9.30. The third kappa shape index (κ3) is 6.33. The zero-order chi connectivity index (χ0) is 58.2. The smallest absolute Gasteiger partial charge is 0.260 e. The Balaban J connectivity index is 0.748. The second-order valence-electron chi connectivity index (χ2n) is 24.5. The largest absolute Gasteiger partial charge is 0.458 e. The van der Waals surface area contributed by atoms with E-state index in [9.17, 15) is 0 Å². The van der Waals surface area contributed by atoms with Gasteiger partial charge in [-0.25, -0.2) is 0 Å². The van der Waals surface area contributed by atoms with Gasteiger partial charge in [-0.1, -0.05) is 158 Å². The zero-order valence-corrected chi connectivity index (χ0v) is 47.5. The highest BCUT2D eigenvalue weighted by atomic mass is 16.5. The van der Waals surface area contributed by atoms with Crippen LogP contribution in [0.2, 0.25) is 0 Å². The third-order valence-electron chi connectivity index (χ3n) is 19.8. The Hall–Kier alpha value is -11.7. The van der Waals surface area contributed by atoms with Crippen LogP contribution < -0.4 is 78.2 Å². The molecule has 13 aromatic carbocycles. The summed E-state index contributed by atoms with van der Waals surface area (Å²) in [5.74, 6) is 7.42. The second kappa shape index (κ2) is 17.1. The van der Waals surface area contributed by atoms with Gasteiger partial charge in [-0.3, -0.25) is 0 Å². The Morgan fingerprint density at radius 3 is 1.07 bits per heavy atom. The lowest BCUT2D eigenvalue weighted by Crippen LogP contribution is -2.63. The summed E-state index contributed by atoms with van der Waals surface area (Å²) in [7, 11) is 0. The van der Waals surface area contributed by atoms with Crippen LogP contribution in [0.3, 0.4) is 0 Å². The van der Waals surface area contributed by atoms with E-state index in [2.05, 4.69) is 199 Å². The molecule has 0 saturated carbocycles.